The first-order valence-corrected chi connectivity index (χ1v) is 16.0. The molecule has 1 aliphatic heterocycles. The number of nitro benzene ring substituents is 1. The summed E-state index contributed by atoms with van der Waals surface area (Å²) >= 11 is 5.61. The predicted molar refractivity (Wildman–Crippen MR) is 172 cm³/mol. The number of nitrogens with one attached hydrogen (secondary N) is 2. The van der Waals surface area contributed by atoms with Crippen LogP contribution in [0.25, 0.3) is 0 Å². The molecule has 2 aromatic carbocycles. The number of halogens is 4. The minimum absolute atomic E-state index is 0.0297. The van der Waals surface area contributed by atoms with Crippen molar-refractivity contribution in [1.82, 2.24) is 9.88 Å². The van der Waals surface area contributed by atoms with Crippen LogP contribution in [0.5, 0.6) is 5.75 Å². The number of hydrogen-bond donors (Lipinski definition) is 2. The first-order chi connectivity index (χ1) is 22.0. The van der Waals surface area contributed by atoms with Crippen molar-refractivity contribution in [2.75, 3.05) is 23.7 Å². The van der Waals surface area contributed by atoms with Gasteiger partial charge in [0, 0.05) is 42.8 Å². The summed E-state index contributed by atoms with van der Waals surface area (Å²) in [6, 6.07) is 11.2. The zero-order valence-corrected chi connectivity index (χ0v) is 26.1. The fourth-order valence-electron chi connectivity index (χ4n) is 6.19. The van der Waals surface area contributed by atoms with Crippen LogP contribution < -0.4 is 15.4 Å². The second-order valence-electron chi connectivity index (χ2n) is 12.0. The van der Waals surface area contributed by atoms with Gasteiger partial charge in [-0.3, -0.25) is 15.1 Å². The number of pyridine rings is 1. The first-order valence-electron chi connectivity index (χ1n) is 15.6. The van der Waals surface area contributed by atoms with E-state index in [2.05, 4.69) is 20.5 Å². The highest BCUT2D eigenvalue weighted by Crippen LogP contribution is 2.38. The standard InChI is InChI=1S/C33H37F4N5O3S/c34-24-5-7-26(8-6-24)40-32(46)41-16-1-2-22(15-17-41)3-4-23-18-29(21-38-20-23)45-28-12-9-25(10-13-28)39-27-11-14-31(42(43)44)30(19-27)33(35,36)37/h5-8,11,14,18-22,25,28,39H,1-4,9-10,12-13,15-17H2,(H,40,46). The summed E-state index contributed by atoms with van der Waals surface area (Å²) in [5.41, 5.74) is -0.111. The Bertz CT molecular complexity index is 1500. The maximum absolute atomic E-state index is 13.4. The van der Waals surface area contributed by atoms with Crippen LogP contribution >= 0.6 is 12.2 Å². The molecule has 1 aliphatic carbocycles. The van der Waals surface area contributed by atoms with E-state index in [0.29, 0.717) is 29.6 Å². The number of likely N-dealkylation sites (tertiary alicyclic amines) is 1. The molecule has 246 valence electrons. The lowest BCUT2D eigenvalue weighted by molar-refractivity contribution is -0.388. The van der Waals surface area contributed by atoms with Gasteiger partial charge < -0.3 is 20.3 Å². The Morgan fingerprint density at radius 3 is 2.46 bits per heavy atom. The summed E-state index contributed by atoms with van der Waals surface area (Å²) in [4.78, 5) is 16.6. The van der Waals surface area contributed by atoms with Gasteiger partial charge in [-0.15, -0.1) is 0 Å². The van der Waals surface area contributed by atoms with E-state index in [1.165, 1.54) is 18.2 Å². The van der Waals surface area contributed by atoms with Crippen molar-refractivity contribution in [3.63, 3.8) is 0 Å². The number of alkyl halides is 3. The Kier molecular flexibility index (Phi) is 10.9. The number of anilines is 2. The highest BCUT2D eigenvalue weighted by Gasteiger charge is 2.38. The van der Waals surface area contributed by atoms with Gasteiger partial charge in [-0.1, -0.05) is 0 Å². The predicted octanol–water partition coefficient (Wildman–Crippen LogP) is 8.38. The highest BCUT2D eigenvalue weighted by molar-refractivity contribution is 7.80. The van der Waals surface area contributed by atoms with Crippen LogP contribution in [0.3, 0.4) is 0 Å². The lowest BCUT2D eigenvalue weighted by Gasteiger charge is -2.30. The molecule has 0 radical (unpaired) electrons. The highest BCUT2D eigenvalue weighted by atomic mass is 32.1. The monoisotopic (exact) mass is 659 g/mol. The summed E-state index contributed by atoms with van der Waals surface area (Å²) in [6.07, 6.45) is 6.68. The van der Waals surface area contributed by atoms with Gasteiger partial charge >= 0.3 is 6.18 Å². The van der Waals surface area contributed by atoms with Gasteiger partial charge in [-0.05, 0) is 124 Å². The number of thiocarbonyl (C=S) groups is 1. The van der Waals surface area contributed by atoms with Crippen LogP contribution in [0, 0.1) is 21.8 Å². The molecule has 8 nitrogen and oxygen atoms in total. The second kappa shape index (κ2) is 15.1. The quantitative estimate of drug-likeness (QED) is 0.102. The SMILES string of the molecule is O=[N+]([O-])c1ccc(NC2CCC(Oc3cncc(CCC4CCCN(C(=S)Nc5ccc(F)cc5)CC4)c3)CC2)cc1C(F)(F)F. The van der Waals surface area contributed by atoms with E-state index in [1.54, 1.807) is 18.3 Å². The van der Waals surface area contributed by atoms with Gasteiger partial charge in [-0.25, -0.2) is 4.39 Å². The topological polar surface area (TPSA) is 92.6 Å². The third-order valence-corrected chi connectivity index (χ3v) is 9.05. The average molecular weight is 660 g/mol. The maximum atomic E-state index is 13.4. The third-order valence-electron chi connectivity index (χ3n) is 8.69. The van der Waals surface area contributed by atoms with Crippen molar-refractivity contribution in [2.24, 2.45) is 5.92 Å². The molecule has 13 heteroatoms. The van der Waals surface area contributed by atoms with Crippen molar-refractivity contribution in [1.29, 1.82) is 0 Å². The van der Waals surface area contributed by atoms with E-state index in [1.807, 2.05) is 12.3 Å². The third kappa shape index (κ3) is 9.27. The molecule has 1 atom stereocenters. The van der Waals surface area contributed by atoms with Gasteiger partial charge in [0.1, 0.15) is 17.1 Å². The van der Waals surface area contributed by atoms with Gasteiger partial charge in [0.15, 0.2) is 5.11 Å². The molecule has 2 N–H and O–H groups in total. The van der Waals surface area contributed by atoms with Crippen molar-refractivity contribution < 1.29 is 27.2 Å². The molecule has 0 spiro atoms. The Balaban J connectivity index is 1.06. The van der Waals surface area contributed by atoms with Crippen molar-refractivity contribution in [3.8, 4) is 5.75 Å². The lowest BCUT2D eigenvalue weighted by Crippen LogP contribution is -2.35. The number of ether oxygens (including phenoxy) is 1. The molecular weight excluding hydrogens is 622 g/mol. The normalized spacial score (nSPS) is 20.4. The molecule has 1 saturated heterocycles. The smallest absolute Gasteiger partial charge is 0.423 e. The Morgan fingerprint density at radius 1 is 1.00 bits per heavy atom. The molecule has 0 bridgehead atoms. The molecule has 2 aliphatic rings. The molecule has 46 heavy (non-hydrogen) atoms. The van der Waals surface area contributed by atoms with E-state index in [9.17, 15) is 27.7 Å². The number of rotatable bonds is 9. The summed E-state index contributed by atoms with van der Waals surface area (Å²) in [5.74, 6) is 0.994. The molecule has 1 unspecified atom stereocenters. The molecule has 1 aromatic heterocycles. The number of benzene rings is 2. The Hall–Kier alpha value is -4.00. The van der Waals surface area contributed by atoms with Crippen LogP contribution in [0.2, 0.25) is 0 Å². The minimum Gasteiger partial charge on any atom is -0.489 e. The van der Waals surface area contributed by atoms with Crippen LogP contribution in [0.15, 0.2) is 60.9 Å². The number of hydrogen-bond acceptors (Lipinski definition) is 6. The Labute approximate surface area is 270 Å². The summed E-state index contributed by atoms with van der Waals surface area (Å²) in [7, 11) is 0. The van der Waals surface area contributed by atoms with E-state index >= 15 is 0 Å². The number of aromatic nitrogens is 1. The van der Waals surface area contributed by atoms with E-state index in [4.69, 9.17) is 17.0 Å². The van der Waals surface area contributed by atoms with Gasteiger partial charge in [0.25, 0.3) is 5.69 Å². The van der Waals surface area contributed by atoms with E-state index in [-0.39, 0.29) is 23.7 Å². The van der Waals surface area contributed by atoms with Crippen molar-refractivity contribution in [3.05, 3.63) is 88.0 Å². The van der Waals surface area contributed by atoms with E-state index < -0.39 is 22.4 Å². The zero-order valence-electron chi connectivity index (χ0n) is 25.3. The van der Waals surface area contributed by atoms with Crippen molar-refractivity contribution >= 4 is 34.4 Å². The maximum Gasteiger partial charge on any atom is 0.423 e. The van der Waals surface area contributed by atoms with Crippen LogP contribution in [-0.2, 0) is 12.6 Å². The fraction of sp³-hybridized carbons (Fsp3) is 0.455. The zero-order chi connectivity index (χ0) is 32.7. The molecule has 2 heterocycles. The molecule has 3 aromatic rings. The summed E-state index contributed by atoms with van der Waals surface area (Å²) in [6.45, 7) is 1.75. The minimum atomic E-state index is -4.82. The largest absolute Gasteiger partial charge is 0.489 e. The molecule has 0 amide bonds. The second-order valence-corrected chi connectivity index (χ2v) is 12.4. The van der Waals surface area contributed by atoms with Crippen LogP contribution in [-0.4, -0.2) is 45.2 Å². The summed E-state index contributed by atoms with van der Waals surface area (Å²) in [5, 5.41) is 18.0. The first kappa shape index (κ1) is 33.4. The average Bonchev–Trinajstić information content (AvgIpc) is 3.28. The number of aryl methyl sites for hydroxylation is 1. The van der Waals surface area contributed by atoms with Crippen molar-refractivity contribution in [2.45, 2.75) is 76.1 Å². The Morgan fingerprint density at radius 2 is 1.74 bits per heavy atom. The van der Waals surface area contributed by atoms with Gasteiger partial charge in [-0.2, -0.15) is 13.2 Å². The molecule has 2 fully saturated rings. The fourth-order valence-corrected chi connectivity index (χ4v) is 6.49. The van der Waals surface area contributed by atoms with E-state index in [0.717, 1.165) is 81.4 Å². The number of nitrogens with zero attached hydrogens (tertiary/aromatic N) is 3. The van der Waals surface area contributed by atoms with Crippen LogP contribution in [0.4, 0.5) is 34.6 Å². The molecular formula is C33H37F4N5O3S. The van der Waals surface area contributed by atoms with Gasteiger partial charge in [0.2, 0.25) is 0 Å². The molecule has 5 rings (SSSR count). The number of nitro groups is 1. The molecule has 1 saturated carbocycles. The lowest BCUT2D eigenvalue weighted by atomic mass is 9.92. The van der Waals surface area contributed by atoms with Gasteiger partial charge in [0.05, 0.1) is 17.2 Å². The van der Waals surface area contributed by atoms with Crippen LogP contribution in [0.1, 0.15) is 62.5 Å². The summed E-state index contributed by atoms with van der Waals surface area (Å²) < 4.78 is 59.5.